The quantitative estimate of drug-likeness (QED) is 0.422. The topological polar surface area (TPSA) is 91.2 Å². The van der Waals surface area contributed by atoms with Gasteiger partial charge in [-0.25, -0.2) is 4.79 Å². The first-order valence-electron chi connectivity index (χ1n) is 7.82. The van der Waals surface area contributed by atoms with Crippen molar-refractivity contribution in [3.63, 3.8) is 0 Å². The van der Waals surface area contributed by atoms with Crippen LogP contribution in [-0.4, -0.2) is 34.7 Å². The zero-order valence-electron chi connectivity index (χ0n) is 14.3. The number of halogens is 1. The van der Waals surface area contributed by atoms with Gasteiger partial charge in [-0.15, -0.1) is 0 Å². The van der Waals surface area contributed by atoms with Gasteiger partial charge in [-0.1, -0.05) is 35.9 Å². The van der Waals surface area contributed by atoms with Crippen LogP contribution in [0.5, 0.6) is 11.5 Å². The summed E-state index contributed by atoms with van der Waals surface area (Å²) in [4.78, 5) is 15.6. The van der Waals surface area contributed by atoms with E-state index in [-0.39, 0.29) is 22.2 Å². The number of aromatic hydroxyl groups is 2. The number of rotatable bonds is 4. The monoisotopic (exact) mass is 364 g/mol. The highest BCUT2D eigenvalue weighted by Crippen LogP contribution is 2.47. The van der Waals surface area contributed by atoms with Gasteiger partial charge in [0.15, 0.2) is 5.75 Å². The van der Waals surface area contributed by atoms with E-state index in [0.717, 1.165) is 0 Å². The van der Waals surface area contributed by atoms with E-state index in [0.29, 0.717) is 23.7 Å². The number of aliphatic imine (C=N–C) groups is 1. The Kier molecular flexibility index (Phi) is 5.74. The van der Waals surface area contributed by atoms with Crippen LogP contribution in [0.2, 0.25) is 5.02 Å². The number of carbonyl (C=O) groups is 1. The van der Waals surface area contributed by atoms with Gasteiger partial charge in [0.2, 0.25) is 0 Å². The minimum Gasteiger partial charge on any atom is -0.506 e. The molecule has 134 valence electrons. The second-order valence-corrected chi connectivity index (χ2v) is 6.81. The molecule has 0 radical (unpaired) electrons. The van der Waals surface area contributed by atoms with Crippen LogP contribution in [0.1, 0.15) is 27.2 Å². The summed E-state index contributed by atoms with van der Waals surface area (Å²) in [6.45, 7) is 5.66. The molecule has 3 N–H and O–H groups in total. The van der Waals surface area contributed by atoms with Crippen LogP contribution in [0.15, 0.2) is 29.3 Å². The highest BCUT2D eigenvalue weighted by atomic mass is 35.5. The standard InChI is InChI=1S/C18H21ClN2O4/c1-18(2,3)25-17(24)21-10-6-9-20-14-13(19)15(22)11-7-4-5-8-12(11)16(14)23/h4-5,7-9,22-23H,6,10H2,1-3H3,(H,21,24). The Balaban J connectivity index is 2.06. The van der Waals surface area contributed by atoms with Crippen LogP contribution < -0.4 is 5.32 Å². The maximum atomic E-state index is 11.5. The molecule has 0 saturated carbocycles. The Morgan fingerprint density at radius 1 is 1.24 bits per heavy atom. The maximum absolute atomic E-state index is 11.5. The van der Waals surface area contributed by atoms with E-state index in [1.807, 2.05) is 0 Å². The molecule has 0 heterocycles. The molecule has 0 aliphatic carbocycles. The summed E-state index contributed by atoms with van der Waals surface area (Å²) in [7, 11) is 0. The number of nitrogens with one attached hydrogen (secondary N) is 1. The number of phenols is 2. The largest absolute Gasteiger partial charge is 0.506 e. The van der Waals surface area contributed by atoms with Gasteiger partial charge >= 0.3 is 6.09 Å². The molecule has 6 nitrogen and oxygen atoms in total. The Hall–Kier alpha value is -2.47. The number of fused-ring (bicyclic) bond motifs is 1. The van der Waals surface area contributed by atoms with Crippen LogP contribution in [0, 0.1) is 0 Å². The lowest BCUT2D eigenvalue weighted by Crippen LogP contribution is -2.33. The van der Waals surface area contributed by atoms with Crippen molar-refractivity contribution < 1.29 is 19.7 Å². The summed E-state index contributed by atoms with van der Waals surface area (Å²) in [5, 5.41) is 24.0. The van der Waals surface area contributed by atoms with Crippen molar-refractivity contribution in [3.8, 4) is 11.5 Å². The van der Waals surface area contributed by atoms with Gasteiger partial charge in [-0.05, 0) is 20.8 Å². The molecule has 1 amide bonds. The van der Waals surface area contributed by atoms with Crippen molar-refractivity contribution >= 4 is 40.4 Å². The second-order valence-electron chi connectivity index (χ2n) is 6.43. The van der Waals surface area contributed by atoms with Gasteiger partial charge in [0.05, 0.1) is 0 Å². The van der Waals surface area contributed by atoms with Crippen molar-refractivity contribution in [3.05, 3.63) is 29.3 Å². The predicted octanol–water partition coefficient (Wildman–Crippen LogP) is 4.52. The number of nitrogens with zero attached hydrogens (tertiary/aromatic N) is 1. The zero-order chi connectivity index (χ0) is 18.6. The first-order chi connectivity index (χ1) is 11.7. The van der Waals surface area contributed by atoms with Gasteiger partial charge in [-0.3, -0.25) is 4.99 Å². The Morgan fingerprint density at radius 2 is 1.84 bits per heavy atom. The number of ether oxygens (including phenoxy) is 1. The summed E-state index contributed by atoms with van der Waals surface area (Å²) in [5.74, 6) is -0.233. The van der Waals surface area contributed by atoms with Crippen LogP contribution >= 0.6 is 11.6 Å². The third-order valence-corrected chi connectivity index (χ3v) is 3.60. The molecule has 0 saturated heterocycles. The first-order valence-corrected chi connectivity index (χ1v) is 8.20. The summed E-state index contributed by atoms with van der Waals surface area (Å²) >= 11 is 6.10. The molecular weight excluding hydrogens is 344 g/mol. The van der Waals surface area contributed by atoms with Gasteiger partial charge in [0.1, 0.15) is 22.1 Å². The summed E-state index contributed by atoms with van der Waals surface area (Å²) in [5.41, 5.74) is -0.463. The minimum atomic E-state index is -0.555. The highest BCUT2D eigenvalue weighted by molar-refractivity contribution is 6.36. The van der Waals surface area contributed by atoms with Crippen LogP contribution in [0.4, 0.5) is 10.5 Å². The molecule has 2 aromatic rings. The van der Waals surface area contributed by atoms with E-state index in [4.69, 9.17) is 16.3 Å². The number of hydrogen-bond donors (Lipinski definition) is 3. The molecule has 0 unspecified atom stereocenters. The average Bonchev–Trinajstić information content (AvgIpc) is 2.53. The number of carbonyl (C=O) groups excluding carboxylic acids is 1. The lowest BCUT2D eigenvalue weighted by atomic mass is 10.1. The van der Waals surface area contributed by atoms with Crippen molar-refractivity contribution in [1.82, 2.24) is 5.32 Å². The van der Waals surface area contributed by atoms with Crippen molar-refractivity contribution in [2.24, 2.45) is 4.99 Å². The van der Waals surface area contributed by atoms with Crippen LogP contribution in [0.3, 0.4) is 0 Å². The van der Waals surface area contributed by atoms with E-state index in [1.165, 1.54) is 6.21 Å². The van der Waals surface area contributed by atoms with Crippen molar-refractivity contribution in [2.45, 2.75) is 32.8 Å². The molecule has 2 aromatic carbocycles. The minimum absolute atomic E-state index is 0.0208. The van der Waals surface area contributed by atoms with E-state index in [1.54, 1.807) is 45.0 Å². The smallest absolute Gasteiger partial charge is 0.407 e. The fourth-order valence-corrected chi connectivity index (χ4v) is 2.42. The van der Waals surface area contributed by atoms with Gasteiger partial charge in [0.25, 0.3) is 0 Å². The van der Waals surface area contributed by atoms with E-state index >= 15 is 0 Å². The molecule has 0 atom stereocenters. The number of alkyl carbamates (subject to hydrolysis) is 1. The predicted molar refractivity (Wildman–Crippen MR) is 99.3 cm³/mol. The van der Waals surface area contributed by atoms with Gasteiger partial charge in [0, 0.05) is 30.0 Å². The average molecular weight is 365 g/mol. The van der Waals surface area contributed by atoms with Crippen LogP contribution in [0.25, 0.3) is 10.8 Å². The van der Waals surface area contributed by atoms with E-state index < -0.39 is 11.7 Å². The first kappa shape index (κ1) is 18.9. The van der Waals surface area contributed by atoms with Gasteiger partial charge in [-0.2, -0.15) is 0 Å². The molecular formula is C18H21ClN2O4. The van der Waals surface area contributed by atoms with E-state index in [2.05, 4.69) is 10.3 Å². The molecule has 0 bridgehead atoms. The highest BCUT2D eigenvalue weighted by Gasteiger charge is 2.17. The second kappa shape index (κ2) is 7.61. The lowest BCUT2D eigenvalue weighted by molar-refractivity contribution is 0.0529. The van der Waals surface area contributed by atoms with Gasteiger partial charge < -0.3 is 20.3 Å². The summed E-state index contributed by atoms with van der Waals surface area (Å²) in [6, 6.07) is 6.81. The molecule has 7 heteroatoms. The normalized spacial score (nSPS) is 11.8. The Bertz CT molecular complexity index is 813. The third kappa shape index (κ3) is 4.76. The fourth-order valence-electron chi connectivity index (χ4n) is 2.18. The Morgan fingerprint density at radius 3 is 2.44 bits per heavy atom. The molecule has 0 aromatic heterocycles. The number of phenolic OH excluding ortho intramolecular Hbond substituents is 2. The molecule has 0 spiro atoms. The maximum Gasteiger partial charge on any atom is 0.407 e. The molecule has 0 fully saturated rings. The molecule has 25 heavy (non-hydrogen) atoms. The summed E-state index contributed by atoms with van der Waals surface area (Å²) < 4.78 is 5.12. The number of benzene rings is 2. The number of amides is 1. The lowest BCUT2D eigenvalue weighted by Gasteiger charge is -2.19. The summed E-state index contributed by atoms with van der Waals surface area (Å²) in [6.07, 6.45) is 1.40. The van der Waals surface area contributed by atoms with Crippen molar-refractivity contribution in [2.75, 3.05) is 6.54 Å². The molecule has 0 aliphatic rings. The zero-order valence-corrected chi connectivity index (χ0v) is 15.1. The Labute approximate surface area is 151 Å². The SMILES string of the molecule is CC(C)(C)OC(=O)NCCC=Nc1c(Cl)c(O)c2ccccc2c1O. The van der Waals surface area contributed by atoms with Crippen molar-refractivity contribution in [1.29, 1.82) is 0 Å². The fraction of sp³-hybridized carbons (Fsp3) is 0.333. The van der Waals surface area contributed by atoms with E-state index in [9.17, 15) is 15.0 Å². The third-order valence-electron chi connectivity index (χ3n) is 3.24. The van der Waals surface area contributed by atoms with Crippen LogP contribution in [-0.2, 0) is 4.74 Å². The number of hydrogen-bond acceptors (Lipinski definition) is 5. The molecule has 0 aliphatic heterocycles. The molecule has 2 rings (SSSR count).